The normalized spacial score (nSPS) is 14.1. The highest BCUT2D eigenvalue weighted by molar-refractivity contribution is 14.1. The van der Waals surface area contributed by atoms with Crippen molar-refractivity contribution < 1.29 is 0 Å². The lowest BCUT2D eigenvalue weighted by molar-refractivity contribution is 0.343. The summed E-state index contributed by atoms with van der Waals surface area (Å²) in [6, 6.07) is 8.62. The van der Waals surface area contributed by atoms with E-state index < -0.39 is 0 Å². The summed E-state index contributed by atoms with van der Waals surface area (Å²) in [6.45, 7) is 6.67. The Morgan fingerprint density at radius 1 is 1.21 bits per heavy atom. The molecule has 0 aromatic heterocycles. The summed E-state index contributed by atoms with van der Waals surface area (Å²) in [4.78, 5) is 0. The molecule has 0 spiro atoms. The van der Waals surface area contributed by atoms with Crippen LogP contribution in [0.3, 0.4) is 0 Å². The van der Waals surface area contributed by atoms with Crippen LogP contribution >= 0.6 is 22.6 Å². The third-order valence-corrected chi connectivity index (χ3v) is 2.85. The molecule has 0 amide bonds. The van der Waals surface area contributed by atoms with Crippen LogP contribution in [0.1, 0.15) is 38.8 Å². The van der Waals surface area contributed by atoms with Crippen molar-refractivity contribution in [1.82, 2.24) is 0 Å². The van der Waals surface area contributed by atoms with Gasteiger partial charge in [-0.25, -0.2) is 0 Å². The zero-order valence-electron chi connectivity index (χ0n) is 9.05. The van der Waals surface area contributed by atoms with Crippen molar-refractivity contribution in [3.8, 4) is 0 Å². The highest BCUT2D eigenvalue weighted by atomic mass is 127. The Bertz CT molecular complexity index is 284. The summed E-state index contributed by atoms with van der Waals surface area (Å²) in [5, 5.41) is 0. The number of rotatable bonds is 2. The van der Waals surface area contributed by atoms with Gasteiger partial charge in [0.2, 0.25) is 0 Å². The maximum absolute atomic E-state index is 6.13. The first-order chi connectivity index (χ1) is 6.38. The molecule has 0 bridgehead atoms. The second-order valence-electron chi connectivity index (χ2n) is 4.92. The topological polar surface area (TPSA) is 26.0 Å². The molecule has 0 aliphatic carbocycles. The Kier molecular flexibility index (Phi) is 3.95. The predicted octanol–water partition coefficient (Wildman–Crippen LogP) is 3.73. The molecule has 0 saturated heterocycles. The van der Waals surface area contributed by atoms with Crippen LogP contribution in [0.5, 0.6) is 0 Å². The van der Waals surface area contributed by atoms with Gasteiger partial charge in [0, 0.05) is 9.61 Å². The number of hydrogen-bond donors (Lipinski definition) is 1. The SMILES string of the molecule is CC(C)(C)C[C@@H](N)c1ccc(I)cc1. The van der Waals surface area contributed by atoms with E-state index in [1.54, 1.807) is 0 Å². The molecule has 2 N–H and O–H groups in total. The summed E-state index contributed by atoms with van der Waals surface area (Å²) in [6.07, 6.45) is 1.02. The molecule has 2 heteroatoms. The van der Waals surface area contributed by atoms with Crippen LogP contribution in [-0.4, -0.2) is 0 Å². The molecule has 1 atom stereocenters. The Hall–Kier alpha value is -0.0900. The van der Waals surface area contributed by atoms with E-state index >= 15 is 0 Å². The van der Waals surface area contributed by atoms with Gasteiger partial charge in [0.05, 0.1) is 0 Å². The van der Waals surface area contributed by atoms with E-state index in [0.717, 1.165) is 6.42 Å². The summed E-state index contributed by atoms with van der Waals surface area (Å²) >= 11 is 2.31. The third-order valence-electron chi connectivity index (χ3n) is 2.13. The second kappa shape index (κ2) is 4.62. The van der Waals surface area contributed by atoms with Crippen molar-refractivity contribution >= 4 is 22.6 Å². The third kappa shape index (κ3) is 3.96. The summed E-state index contributed by atoms with van der Waals surface area (Å²) in [7, 11) is 0. The van der Waals surface area contributed by atoms with Gasteiger partial charge in [-0.05, 0) is 52.1 Å². The Labute approximate surface area is 100 Å². The fraction of sp³-hybridized carbons (Fsp3) is 0.500. The minimum atomic E-state index is 0.159. The van der Waals surface area contributed by atoms with Gasteiger partial charge in [-0.15, -0.1) is 0 Å². The van der Waals surface area contributed by atoms with Crippen LogP contribution in [0.4, 0.5) is 0 Å². The lowest BCUT2D eigenvalue weighted by Gasteiger charge is -2.23. The van der Waals surface area contributed by atoms with E-state index in [1.807, 2.05) is 0 Å². The molecule has 1 rings (SSSR count). The Morgan fingerprint density at radius 3 is 2.14 bits per heavy atom. The average molecular weight is 303 g/mol. The van der Waals surface area contributed by atoms with Crippen molar-refractivity contribution in [2.75, 3.05) is 0 Å². The lowest BCUT2D eigenvalue weighted by atomic mass is 9.86. The minimum Gasteiger partial charge on any atom is -0.324 e. The molecule has 1 aromatic rings. The van der Waals surface area contributed by atoms with Gasteiger partial charge in [-0.2, -0.15) is 0 Å². The van der Waals surface area contributed by atoms with E-state index in [9.17, 15) is 0 Å². The van der Waals surface area contributed by atoms with Crippen LogP contribution in [0.25, 0.3) is 0 Å². The van der Waals surface area contributed by atoms with E-state index in [-0.39, 0.29) is 6.04 Å². The molecule has 0 heterocycles. The first-order valence-electron chi connectivity index (χ1n) is 4.89. The van der Waals surface area contributed by atoms with E-state index in [4.69, 9.17) is 5.73 Å². The van der Waals surface area contributed by atoms with Gasteiger partial charge in [0.1, 0.15) is 0 Å². The minimum absolute atomic E-state index is 0.159. The summed E-state index contributed by atoms with van der Waals surface area (Å²) in [5.41, 5.74) is 7.66. The van der Waals surface area contributed by atoms with Crippen LogP contribution < -0.4 is 5.73 Å². The molecule has 0 unspecified atom stereocenters. The fourth-order valence-corrected chi connectivity index (χ4v) is 1.85. The molecule has 0 aliphatic rings. The Morgan fingerprint density at radius 2 is 1.71 bits per heavy atom. The molecular weight excluding hydrogens is 285 g/mol. The van der Waals surface area contributed by atoms with Crippen LogP contribution in [0, 0.1) is 8.99 Å². The number of halogens is 1. The van der Waals surface area contributed by atoms with Gasteiger partial charge in [0.15, 0.2) is 0 Å². The van der Waals surface area contributed by atoms with Crippen molar-refractivity contribution in [1.29, 1.82) is 0 Å². The number of benzene rings is 1. The molecule has 1 aromatic carbocycles. The molecule has 14 heavy (non-hydrogen) atoms. The Balaban J connectivity index is 2.70. The number of hydrogen-bond acceptors (Lipinski definition) is 1. The van der Waals surface area contributed by atoms with Gasteiger partial charge in [-0.1, -0.05) is 32.9 Å². The van der Waals surface area contributed by atoms with Gasteiger partial charge >= 0.3 is 0 Å². The van der Waals surface area contributed by atoms with E-state index in [1.165, 1.54) is 9.13 Å². The van der Waals surface area contributed by atoms with Crippen molar-refractivity contribution in [3.05, 3.63) is 33.4 Å². The lowest BCUT2D eigenvalue weighted by Crippen LogP contribution is -2.18. The maximum Gasteiger partial charge on any atom is 0.0299 e. The number of nitrogens with two attached hydrogens (primary N) is 1. The van der Waals surface area contributed by atoms with Gasteiger partial charge < -0.3 is 5.73 Å². The standard InChI is InChI=1S/C12H18IN/c1-12(2,3)8-11(14)9-4-6-10(13)7-5-9/h4-7,11H,8,14H2,1-3H3/t11-/m1/s1. The van der Waals surface area contributed by atoms with Crippen molar-refractivity contribution in [2.45, 2.75) is 33.2 Å². The molecule has 0 fully saturated rings. The largest absolute Gasteiger partial charge is 0.324 e. The monoisotopic (exact) mass is 303 g/mol. The first-order valence-corrected chi connectivity index (χ1v) is 5.97. The molecule has 0 radical (unpaired) electrons. The molecule has 1 nitrogen and oxygen atoms in total. The molecule has 0 saturated carbocycles. The first kappa shape index (κ1) is 12.0. The zero-order valence-corrected chi connectivity index (χ0v) is 11.2. The zero-order chi connectivity index (χ0) is 10.8. The van der Waals surface area contributed by atoms with E-state index in [2.05, 4.69) is 67.6 Å². The fourth-order valence-electron chi connectivity index (χ4n) is 1.49. The molecular formula is C12H18IN. The predicted molar refractivity (Wildman–Crippen MR) is 70.2 cm³/mol. The highest BCUT2D eigenvalue weighted by Crippen LogP contribution is 2.27. The quantitative estimate of drug-likeness (QED) is 0.828. The van der Waals surface area contributed by atoms with Crippen molar-refractivity contribution in [3.63, 3.8) is 0 Å². The summed E-state index contributed by atoms with van der Waals surface area (Å²) in [5.74, 6) is 0. The molecule has 0 aliphatic heterocycles. The van der Waals surface area contributed by atoms with Gasteiger partial charge in [-0.3, -0.25) is 0 Å². The van der Waals surface area contributed by atoms with Crippen LogP contribution in [0.15, 0.2) is 24.3 Å². The summed E-state index contributed by atoms with van der Waals surface area (Å²) < 4.78 is 1.26. The maximum atomic E-state index is 6.13. The average Bonchev–Trinajstić information content (AvgIpc) is 2.02. The van der Waals surface area contributed by atoms with E-state index in [0.29, 0.717) is 5.41 Å². The van der Waals surface area contributed by atoms with Gasteiger partial charge in [0.25, 0.3) is 0 Å². The second-order valence-corrected chi connectivity index (χ2v) is 6.17. The molecule has 78 valence electrons. The van der Waals surface area contributed by atoms with Crippen molar-refractivity contribution in [2.24, 2.45) is 11.1 Å². The van der Waals surface area contributed by atoms with Crippen LogP contribution in [0.2, 0.25) is 0 Å². The smallest absolute Gasteiger partial charge is 0.0299 e. The highest BCUT2D eigenvalue weighted by Gasteiger charge is 2.16. The van der Waals surface area contributed by atoms with Crippen LogP contribution in [-0.2, 0) is 0 Å².